The topological polar surface area (TPSA) is 93.7 Å². The quantitative estimate of drug-likeness (QED) is 0.803. The number of esters is 1. The van der Waals surface area contributed by atoms with Crippen molar-refractivity contribution in [2.24, 2.45) is 0 Å². The SMILES string of the molecule is COC(=O)C(NC(C)=O)c1ccc(CNC(=O)OC(C)(C)C)cc1. The van der Waals surface area contributed by atoms with E-state index in [9.17, 15) is 14.4 Å². The van der Waals surface area contributed by atoms with Crippen LogP contribution in [0.25, 0.3) is 0 Å². The van der Waals surface area contributed by atoms with Gasteiger partial charge in [-0.2, -0.15) is 0 Å². The molecule has 1 unspecified atom stereocenters. The number of carbonyl (C=O) groups is 3. The third-order valence-corrected chi connectivity index (χ3v) is 2.93. The molecule has 0 saturated carbocycles. The summed E-state index contributed by atoms with van der Waals surface area (Å²) in [5, 5.41) is 5.19. The Hall–Kier alpha value is -2.57. The van der Waals surface area contributed by atoms with Crippen LogP contribution in [-0.2, 0) is 25.6 Å². The molecule has 0 bridgehead atoms. The minimum Gasteiger partial charge on any atom is -0.467 e. The van der Waals surface area contributed by atoms with Crippen LogP contribution in [0.1, 0.15) is 44.9 Å². The van der Waals surface area contributed by atoms with E-state index in [-0.39, 0.29) is 12.5 Å². The van der Waals surface area contributed by atoms with Crippen molar-refractivity contribution in [2.75, 3.05) is 7.11 Å². The van der Waals surface area contributed by atoms with Crippen LogP contribution in [0.4, 0.5) is 4.79 Å². The number of benzene rings is 1. The summed E-state index contributed by atoms with van der Waals surface area (Å²) >= 11 is 0. The smallest absolute Gasteiger partial charge is 0.407 e. The number of ether oxygens (including phenoxy) is 2. The monoisotopic (exact) mass is 336 g/mol. The van der Waals surface area contributed by atoms with Crippen LogP contribution in [0.15, 0.2) is 24.3 Å². The van der Waals surface area contributed by atoms with Gasteiger partial charge in [0.15, 0.2) is 6.04 Å². The van der Waals surface area contributed by atoms with Crippen molar-refractivity contribution in [2.45, 2.75) is 45.9 Å². The van der Waals surface area contributed by atoms with Gasteiger partial charge < -0.3 is 20.1 Å². The van der Waals surface area contributed by atoms with Crippen molar-refractivity contribution in [3.05, 3.63) is 35.4 Å². The van der Waals surface area contributed by atoms with Crippen LogP contribution < -0.4 is 10.6 Å². The zero-order valence-electron chi connectivity index (χ0n) is 14.6. The van der Waals surface area contributed by atoms with E-state index in [1.54, 1.807) is 45.0 Å². The van der Waals surface area contributed by atoms with Crippen LogP contribution in [-0.4, -0.2) is 30.7 Å². The molecule has 1 atom stereocenters. The molecular formula is C17H24N2O5. The van der Waals surface area contributed by atoms with E-state index < -0.39 is 23.7 Å². The van der Waals surface area contributed by atoms with Crippen LogP contribution >= 0.6 is 0 Å². The molecule has 1 aromatic carbocycles. The number of hydrogen-bond donors (Lipinski definition) is 2. The second-order valence-corrected chi connectivity index (χ2v) is 6.25. The van der Waals surface area contributed by atoms with E-state index in [2.05, 4.69) is 10.6 Å². The maximum Gasteiger partial charge on any atom is 0.407 e. The first-order valence-corrected chi connectivity index (χ1v) is 7.53. The number of amides is 2. The van der Waals surface area contributed by atoms with Crippen molar-refractivity contribution < 1.29 is 23.9 Å². The molecule has 0 spiro atoms. The summed E-state index contributed by atoms with van der Waals surface area (Å²) in [6.07, 6.45) is -0.503. The predicted molar refractivity (Wildman–Crippen MR) is 88.1 cm³/mol. The van der Waals surface area contributed by atoms with Crippen molar-refractivity contribution >= 4 is 18.0 Å². The highest BCUT2D eigenvalue weighted by molar-refractivity contribution is 5.84. The average molecular weight is 336 g/mol. The first kappa shape index (κ1) is 19.5. The van der Waals surface area contributed by atoms with E-state index in [0.29, 0.717) is 5.56 Å². The van der Waals surface area contributed by atoms with Gasteiger partial charge in [-0.1, -0.05) is 24.3 Å². The van der Waals surface area contributed by atoms with Crippen molar-refractivity contribution in [1.82, 2.24) is 10.6 Å². The largest absolute Gasteiger partial charge is 0.467 e. The molecule has 0 radical (unpaired) electrons. The minimum atomic E-state index is -0.861. The average Bonchev–Trinajstić information content (AvgIpc) is 2.48. The zero-order valence-corrected chi connectivity index (χ0v) is 14.6. The summed E-state index contributed by atoms with van der Waals surface area (Å²) in [7, 11) is 1.26. The van der Waals surface area contributed by atoms with E-state index in [4.69, 9.17) is 9.47 Å². The van der Waals surface area contributed by atoms with Crippen LogP contribution in [0.2, 0.25) is 0 Å². The molecule has 0 aromatic heterocycles. The van der Waals surface area contributed by atoms with Gasteiger partial charge in [0.05, 0.1) is 7.11 Å². The highest BCUT2D eigenvalue weighted by atomic mass is 16.6. The molecule has 0 aliphatic heterocycles. The standard InChI is InChI=1S/C17H24N2O5/c1-11(20)19-14(15(21)23-5)13-8-6-12(7-9-13)10-18-16(22)24-17(2,3)4/h6-9,14H,10H2,1-5H3,(H,18,22)(H,19,20). The van der Waals surface area contributed by atoms with Crippen LogP contribution in [0.3, 0.4) is 0 Å². The number of rotatable bonds is 5. The fourth-order valence-corrected chi connectivity index (χ4v) is 1.92. The number of nitrogens with one attached hydrogen (secondary N) is 2. The highest BCUT2D eigenvalue weighted by Gasteiger charge is 2.22. The summed E-state index contributed by atoms with van der Waals surface area (Å²) in [4.78, 5) is 34.6. The fraction of sp³-hybridized carbons (Fsp3) is 0.471. The summed E-state index contributed by atoms with van der Waals surface area (Å²) < 4.78 is 9.85. The maximum absolute atomic E-state index is 11.8. The van der Waals surface area contributed by atoms with Crippen molar-refractivity contribution in [3.8, 4) is 0 Å². The van der Waals surface area contributed by atoms with Crippen LogP contribution in [0, 0.1) is 0 Å². The molecule has 24 heavy (non-hydrogen) atoms. The van der Waals surface area contributed by atoms with E-state index in [1.165, 1.54) is 14.0 Å². The van der Waals surface area contributed by atoms with E-state index in [0.717, 1.165) is 5.56 Å². The Bertz CT molecular complexity index is 590. The Balaban J connectivity index is 2.71. The van der Waals surface area contributed by atoms with Crippen molar-refractivity contribution in [1.29, 1.82) is 0 Å². The first-order chi connectivity index (χ1) is 11.1. The molecule has 0 aliphatic rings. The zero-order chi connectivity index (χ0) is 18.3. The lowest BCUT2D eigenvalue weighted by Crippen LogP contribution is -2.33. The lowest BCUT2D eigenvalue weighted by Gasteiger charge is -2.20. The molecule has 0 heterocycles. The molecule has 7 heteroatoms. The number of alkyl carbamates (subject to hydrolysis) is 1. The lowest BCUT2D eigenvalue weighted by atomic mass is 10.0. The Morgan fingerprint density at radius 3 is 2.17 bits per heavy atom. The molecule has 0 fully saturated rings. The van der Waals surface area contributed by atoms with E-state index >= 15 is 0 Å². The molecule has 2 amide bonds. The molecule has 132 valence electrons. The minimum absolute atomic E-state index is 0.290. The molecule has 1 rings (SSSR count). The second-order valence-electron chi connectivity index (χ2n) is 6.25. The molecule has 1 aromatic rings. The number of methoxy groups -OCH3 is 1. The maximum atomic E-state index is 11.8. The Kier molecular flexibility index (Phi) is 6.76. The van der Waals surface area contributed by atoms with E-state index in [1.807, 2.05) is 0 Å². The lowest BCUT2D eigenvalue weighted by molar-refractivity contribution is -0.145. The van der Waals surface area contributed by atoms with Gasteiger partial charge >= 0.3 is 12.1 Å². The molecular weight excluding hydrogens is 312 g/mol. The summed E-state index contributed by atoms with van der Waals surface area (Å²) in [6, 6.07) is 6.04. The first-order valence-electron chi connectivity index (χ1n) is 7.53. The third kappa shape index (κ3) is 6.68. The van der Waals surface area contributed by atoms with Gasteiger partial charge in [-0.05, 0) is 31.9 Å². The van der Waals surface area contributed by atoms with Gasteiger partial charge in [-0.25, -0.2) is 9.59 Å². The molecule has 0 saturated heterocycles. The van der Waals surface area contributed by atoms with Gasteiger partial charge in [0.25, 0.3) is 0 Å². The van der Waals surface area contributed by atoms with Gasteiger partial charge in [-0.15, -0.1) is 0 Å². The highest BCUT2D eigenvalue weighted by Crippen LogP contribution is 2.16. The van der Waals surface area contributed by atoms with Gasteiger partial charge in [0, 0.05) is 13.5 Å². The van der Waals surface area contributed by atoms with Crippen LogP contribution in [0.5, 0.6) is 0 Å². The van der Waals surface area contributed by atoms with Gasteiger partial charge in [0.2, 0.25) is 5.91 Å². The van der Waals surface area contributed by atoms with Gasteiger partial charge in [-0.3, -0.25) is 4.79 Å². The fourth-order valence-electron chi connectivity index (χ4n) is 1.92. The Morgan fingerprint density at radius 1 is 1.12 bits per heavy atom. The summed E-state index contributed by atoms with van der Waals surface area (Å²) in [5.74, 6) is -0.883. The number of carbonyl (C=O) groups excluding carboxylic acids is 3. The summed E-state index contributed by atoms with van der Waals surface area (Å²) in [6.45, 7) is 6.98. The Morgan fingerprint density at radius 2 is 1.71 bits per heavy atom. The number of hydrogen-bond acceptors (Lipinski definition) is 5. The molecule has 7 nitrogen and oxygen atoms in total. The molecule has 2 N–H and O–H groups in total. The Labute approximate surface area is 141 Å². The summed E-state index contributed by atoms with van der Waals surface area (Å²) in [5.41, 5.74) is 0.870. The normalized spacial score (nSPS) is 12.0. The second kappa shape index (κ2) is 8.33. The third-order valence-electron chi connectivity index (χ3n) is 2.93. The van der Waals surface area contributed by atoms with Gasteiger partial charge in [0.1, 0.15) is 5.60 Å². The van der Waals surface area contributed by atoms with Crippen molar-refractivity contribution in [3.63, 3.8) is 0 Å². The predicted octanol–water partition coefficient (Wildman–Crippen LogP) is 2.06. The molecule has 0 aliphatic carbocycles.